The van der Waals surface area contributed by atoms with Crippen LogP contribution < -0.4 is 0 Å². The van der Waals surface area contributed by atoms with Gasteiger partial charge in [0.15, 0.2) is 5.78 Å². The molecule has 2 rings (SSSR count). The second kappa shape index (κ2) is 6.61. The Bertz CT molecular complexity index is 618. The van der Waals surface area contributed by atoms with Gasteiger partial charge in [0.1, 0.15) is 18.7 Å². The van der Waals surface area contributed by atoms with Crippen LogP contribution in [-0.4, -0.2) is 20.5 Å². The Morgan fingerprint density at radius 2 is 1.91 bits per heavy atom. The summed E-state index contributed by atoms with van der Waals surface area (Å²) in [6.45, 7) is 8.12. The minimum Gasteiger partial charge on any atom is -0.297 e. The monoisotopic (exact) mass is 319 g/mol. The lowest BCUT2D eigenvalue weighted by molar-refractivity contribution is -0.133. The van der Waals surface area contributed by atoms with Gasteiger partial charge in [-0.3, -0.25) is 4.79 Å². The Morgan fingerprint density at radius 3 is 2.41 bits per heavy atom. The summed E-state index contributed by atoms with van der Waals surface area (Å²) in [4.78, 5) is 17.0. The standard InChI is InChI=1S/C17H22ClN3O/c1-12(2)17(3,4)16(22)15(21-11-19-10-20-21)9-13-5-7-14(18)8-6-13/h5-8,10-12,15H,9H2,1-4H3. The van der Waals surface area contributed by atoms with Crippen LogP contribution in [0.5, 0.6) is 0 Å². The van der Waals surface area contributed by atoms with Gasteiger partial charge in [-0.1, -0.05) is 51.4 Å². The SMILES string of the molecule is CC(C)C(C)(C)C(=O)C(Cc1ccc(Cl)cc1)n1cncn1. The summed E-state index contributed by atoms with van der Waals surface area (Å²) in [5.74, 6) is 0.416. The zero-order valence-corrected chi connectivity index (χ0v) is 14.2. The highest BCUT2D eigenvalue weighted by atomic mass is 35.5. The summed E-state index contributed by atoms with van der Waals surface area (Å²) in [7, 11) is 0. The fraction of sp³-hybridized carbons (Fsp3) is 0.471. The first-order valence-electron chi connectivity index (χ1n) is 7.45. The molecule has 0 radical (unpaired) electrons. The van der Waals surface area contributed by atoms with E-state index in [2.05, 4.69) is 23.9 Å². The van der Waals surface area contributed by atoms with E-state index in [0.29, 0.717) is 11.4 Å². The summed E-state index contributed by atoms with van der Waals surface area (Å²) in [5, 5.41) is 4.87. The molecule has 0 bridgehead atoms. The number of hydrogen-bond donors (Lipinski definition) is 0. The highest BCUT2D eigenvalue weighted by Crippen LogP contribution is 2.33. The third kappa shape index (κ3) is 3.55. The molecule has 118 valence electrons. The number of ketones is 1. The molecule has 1 aromatic carbocycles. The maximum Gasteiger partial charge on any atom is 0.163 e. The molecular formula is C17H22ClN3O. The number of aromatic nitrogens is 3. The second-order valence-corrected chi connectivity index (χ2v) is 6.90. The van der Waals surface area contributed by atoms with E-state index in [1.165, 1.54) is 6.33 Å². The Labute approximate surface area is 136 Å². The molecule has 0 saturated heterocycles. The molecule has 0 saturated carbocycles. The molecule has 1 aromatic heterocycles. The fourth-order valence-electron chi connectivity index (χ4n) is 2.24. The molecule has 2 aromatic rings. The summed E-state index contributed by atoms with van der Waals surface area (Å²) in [6.07, 6.45) is 3.65. The molecule has 0 aliphatic heterocycles. The lowest BCUT2D eigenvalue weighted by Crippen LogP contribution is -2.37. The smallest absolute Gasteiger partial charge is 0.163 e. The van der Waals surface area contributed by atoms with E-state index in [9.17, 15) is 4.79 Å². The number of benzene rings is 1. The van der Waals surface area contributed by atoms with Crippen molar-refractivity contribution >= 4 is 17.4 Å². The second-order valence-electron chi connectivity index (χ2n) is 6.46. The summed E-state index contributed by atoms with van der Waals surface area (Å²) in [6, 6.07) is 7.21. The van der Waals surface area contributed by atoms with Crippen LogP contribution in [0.3, 0.4) is 0 Å². The third-order valence-electron chi connectivity index (χ3n) is 4.48. The van der Waals surface area contributed by atoms with Gasteiger partial charge in [0.25, 0.3) is 0 Å². The highest BCUT2D eigenvalue weighted by Gasteiger charge is 2.37. The fourth-order valence-corrected chi connectivity index (χ4v) is 2.37. The Kier molecular flexibility index (Phi) is 5.01. The van der Waals surface area contributed by atoms with Crippen molar-refractivity contribution in [3.8, 4) is 0 Å². The third-order valence-corrected chi connectivity index (χ3v) is 4.73. The molecule has 0 amide bonds. The molecule has 1 heterocycles. The molecule has 0 N–H and O–H groups in total. The van der Waals surface area contributed by atoms with Gasteiger partial charge in [0.05, 0.1) is 0 Å². The van der Waals surface area contributed by atoms with Gasteiger partial charge in [0.2, 0.25) is 0 Å². The first-order chi connectivity index (χ1) is 10.3. The van der Waals surface area contributed by atoms with E-state index in [4.69, 9.17) is 11.6 Å². The lowest BCUT2D eigenvalue weighted by atomic mass is 9.74. The van der Waals surface area contributed by atoms with Gasteiger partial charge >= 0.3 is 0 Å². The van der Waals surface area contributed by atoms with E-state index in [1.807, 2.05) is 38.1 Å². The number of rotatable bonds is 6. The van der Waals surface area contributed by atoms with E-state index >= 15 is 0 Å². The minimum atomic E-state index is -0.428. The lowest BCUT2D eigenvalue weighted by Gasteiger charge is -2.31. The number of nitrogens with zero attached hydrogens (tertiary/aromatic N) is 3. The van der Waals surface area contributed by atoms with Crippen molar-refractivity contribution in [2.24, 2.45) is 11.3 Å². The molecule has 5 heteroatoms. The first kappa shape index (κ1) is 16.7. The zero-order chi connectivity index (χ0) is 16.3. The molecule has 0 spiro atoms. The van der Waals surface area contributed by atoms with Gasteiger partial charge in [0, 0.05) is 16.9 Å². The Balaban J connectivity index is 2.32. The number of carbonyl (C=O) groups is 1. The van der Waals surface area contributed by atoms with Crippen molar-refractivity contribution in [3.63, 3.8) is 0 Å². The van der Waals surface area contributed by atoms with Gasteiger partial charge in [-0.25, -0.2) is 9.67 Å². The van der Waals surface area contributed by atoms with Crippen LogP contribution in [0.4, 0.5) is 0 Å². The largest absolute Gasteiger partial charge is 0.297 e. The maximum absolute atomic E-state index is 13.1. The minimum absolute atomic E-state index is 0.169. The average molecular weight is 320 g/mol. The van der Waals surface area contributed by atoms with E-state index in [0.717, 1.165) is 5.56 Å². The molecule has 0 aliphatic carbocycles. The Hall–Kier alpha value is -1.68. The predicted octanol–water partition coefficient (Wildman–Crippen LogP) is 3.97. The van der Waals surface area contributed by atoms with Gasteiger partial charge in [-0.2, -0.15) is 5.10 Å². The molecule has 0 aliphatic rings. The summed E-state index contributed by atoms with van der Waals surface area (Å²) in [5.41, 5.74) is 0.626. The van der Waals surface area contributed by atoms with Crippen LogP contribution in [0.25, 0.3) is 0 Å². The van der Waals surface area contributed by atoms with Crippen LogP contribution in [0.2, 0.25) is 5.02 Å². The van der Waals surface area contributed by atoms with E-state index in [1.54, 1.807) is 11.0 Å². The van der Waals surface area contributed by atoms with Crippen LogP contribution in [0.15, 0.2) is 36.9 Å². The van der Waals surface area contributed by atoms with E-state index < -0.39 is 5.41 Å². The van der Waals surface area contributed by atoms with Crippen LogP contribution >= 0.6 is 11.6 Å². The number of Topliss-reactive ketones (excluding diaryl/α,β-unsaturated/α-hetero) is 1. The first-order valence-corrected chi connectivity index (χ1v) is 7.83. The zero-order valence-electron chi connectivity index (χ0n) is 13.5. The number of carbonyl (C=O) groups excluding carboxylic acids is 1. The quantitative estimate of drug-likeness (QED) is 0.809. The van der Waals surface area contributed by atoms with Crippen LogP contribution in [0.1, 0.15) is 39.3 Å². The Morgan fingerprint density at radius 1 is 1.27 bits per heavy atom. The normalized spacial score (nSPS) is 13.4. The van der Waals surface area contributed by atoms with Crippen molar-refractivity contribution in [1.82, 2.24) is 14.8 Å². The molecule has 4 nitrogen and oxygen atoms in total. The predicted molar refractivity (Wildman–Crippen MR) is 87.8 cm³/mol. The van der Waals surface area contributed by atoms with Crippen molar-refractivity contribution in [1.29, 1.82) is 0 Å². The van der Waals surface area contributed by atoms with E-state index in [-0.39, 0.29) is 17.7 Å². The van der Waals surface area contributed by atoms with Crippen molar-refractivity contribution in [2.75, 3.05) is 0 Å². The average Bonchev–Trinajstić information content (AvgIpc) is 2.99. The van der Waals surface area contributed by atoms with Crippen molar-refractivity contribution in [3.05, 3.63) is 47.5 Å². The summed E-state index contributed by atoms with van der Waals surface area (Å²) >= 11 is 5.93. The van der Waals surface area contributed by atoms with Gasteiger partial charge < -0.3 is 0 Å². The van der Waals surface area contributed by atoms with Gasteiger partial charge in [-0.05, 0) is 23.6 Å². The molecule has 0 fully saturated rings. The van der Waals surface area contributed by atoms with Crippen LogP contribution in [-0.2, 0) is 11.2 Å². The summed E-state index contributed by atoms with van der Waals surface area (Å²) < 4.78 is 1.65. The number of halogens is 1. The van der Waals surface area contributed by atoms with Crippen molar-refractivity contribution < 1.29 is 4.79 Å². The topological polar surface area (TPSA) is 47.8 Å². The van der Waals surface area contributed by atoms with Crippen molar-refractivity contribution in [2.45, 2.75) is 40.2 Å². The van der Waals surface area contributed by atoms with Crippen LogP contribution in [0, 0.1) is 11.3 Å². The molecular weight excluding hydrogens is 298 g/mol. The highest BCUT2D eigenvalue weighted by molar-refractivity contribution is 6.30. The molecule has 1 unspecified atom stereocenters. The van der Waals surface area contributed by atoms with Gasteiger partial charge in [-0.15, -0.1) is 0 Å². The molecule has 22 heavy (non-hydrogen) atoms. The maximum atomic E-state index is 13.1. The number of hydrogen-bond acceptors (Lipinski definition) is 3. The molecule has 1 atom stereocenters.